The highest BCUT2D eigenvalue weighted by Crippen LogP contribution is 2.25. The van der Waals surface area contributed by atoms with E-state index in [9.17, 15) is 4.79 Å². The van der Waals surface area contributed by atoms with Gasteiger partial charge in [-0.15, -0.1) is 0 Å². The number of pyridine rings is 1. The Morgan fingerprint density at radius 3 is 2.68 bits per heavy atom. The van der Waals surface area contributed by atoms with Gasteiger partial charge in [-0.3, -0.25) is 4.79 Å². The van der Waals surface area contributed by atoms with Gasteiger partial charge in [0, 0.05) is 29.6 Å². The highest BCUT2D eigenvalue weighted by Gasteiger charge is 2.17. The summed E-state index contributed by atoms with van der Waals surface area (Å²) in [7, 11) is 3.28. The maximum atomic E-state index is 12.8. The summed E-state index contributed by atoms with van der Waals surface area (Å²) < 4.78 is 5.33. The van der Waals surface area contributed by atoms with E-state index < -0.39 is 0 Å². The minimum absolute atomic E-state index is 0.227. The molecule has 0 atom stereocenters. The number of hydrogen-bond donors (Lipinski definition) is 0. The fraction of sp³-hybridized carbons (Fsp3) is 0.158. The fourth-order valence-corrected chi connectivity index (χ4v) is 3.12. The van der Waals surface area contributed by atoms with E-state index in [1.165, 1.54) is 0 Å². The summed E-state index contributed by atoms with van der Waals surface area (Å²) in [5.41, 5.74) is 1.12. The normalized spacial score (nSPS) is 10.7. The second-order valence-corrected chi connectivity index (χ2v) is 6.43. The second-order valence-electron chi connectivity index (χ2n) is 5.64. The first kappa shape index (κ1) is 17.5. The summed E-state index contributed by atoms with van der Waals surface area (Å²) >= 11 is 12.3. The molecule has 1 aromatic heterocycles. The number of benzene rings is 2. The lowest BCUT2D eigenvalue weighted by molar-refractivity contribution is 0.0778. The predicted octanol–water partition coefficient (Wildman–Crippen LogP) is 4.82. The first-order valence-corrected chi connectivity index (χ1v) is 8.38. The lowest BCUT2D eigenvalue weighted by Gasteiger charge is -2.19. The van der Waals surface area contributed by atoms with Crippen molar-refractivity contribution in [2.24, 2.45) is 0 Å². The van der Waals surface area contributed by atoms with Gasteiger partial charge in [0.15, 0.2) is 0 Å². The average Bonchev–Trinajstić information content (AvgIpc) is 2.61. The zero-order valence-corrected chi connectivity index (χ0v) is 15.3. The predicted molar refractivity (Wildman–Crippen MR) is 101 cm³/mol. The lowest BCUT2D eigenvalue weighted by Crippen LogP contribution is -2.27. The number of methoxy groups -OCH3 is 1. The largest absolute Gasteiger partial charge is 0.496 e. The molecule has 0 aliphatic carbocycles. The first-order valence-electron chi connectivity index (χ1n) is 7.63. The number of carbonyl (C=O) groups is 1. The van der Waals surface area contributed by atoms with Crippen molar-refractivity contribution in [2.45, 2.75) is 6.54 Å². The number of carbonyl (C=O) groups excluding carboxylic acids is 1. The Morgan fingerprint density at radius 1 is 1.16 bits per heavy atom. The molecule has 0 saturated heterocycles. The number of halogens is 2. The topological polar surface area (TPSA) is 42.4 Å². The molecule has 0 N–H and O–H groups in total. The van der Waals surface area contributed by atoms with E-state index in [0.29, 0.717) is 28.2 Å². The second kappa shape index (κ2) is 7.30. The number of amides is 1. The molecule has 6 heteroatoms. The van der Waals surface area contributed by atoms with Gasteiger partial charge in [0.1, 0.15) is 16.6 Å². The van der Waals surface area contributed by atoms with Crippen molar-refractivity contribution in [3.05, 3.63) is 70.0 Å². The van der Waals surface area contributed by atoms with Crippen LogP contribution in [0.5, 0.6) is 5.75 Å². The molecular formula is C19H16Cl2N2O2. The van der Waals surface area contributed by atoms with E-state index in [-0.39, 0.29) is 5.91 Å². The molecule has 0 aliphatic heterocycles. The van der Waals surface area contributed by atoms with Gasteiger partial charge in [0.2, 0.25) is 0 Å². The molecule has 3 rings (SSSR count). The Bertz CT molecular complexity index is 944. The lowest BCUT2D eigenvalue weighted by atomic mass is 10.1. The molecule has 0 saturated carbocycles. The minimum Gasteiger partial charge on any atom is -0.496 e. The smallest absolute Gasteiger partial charge is 0.272 e. The first-order chi connectivity index (χ1) is 12.0. The summed E-state index contributed by atoms with van der Waals surface area (Å²) in [6, 6.07) is 14.6. The average molecular weight is 375 g/mol. The Hall–Kier alpha value is -2.30. The van der Waals surface area contributed by atoms with Gasteiger partial charge in [-0.05, 0) is 29.7 Å². The fourth-order valence-electron chi connectivity index (χ4n) is 2.66. The van der Waals surface area contributed by atoms with Crippen LogP contribution in [-0.4, -0.2) is 29.9 Å². The molecule has 0 radical (unpaired) electrons. The van der Waals surface area contributed by atoms with Crippen LogP contribution in [0.1, 0.15) is 16.1 Å². The molecule has 0 unspecified atom stereocenters. The maximum Gasteiger partial charge on any atom is 0.272 e. The SMILES string of the molecule is COc1ccc(Cl)cc1CN(C)C(=O)c1cc2ccccc2c(Cl)n1. The van der Waals surface area contributed by atoms with Gasteiger partial charge >= 0.3 is 0 Å². The molecule has 1 amide bonds. The third kappa shape index (κ3) is 3.70. The number of rotatable bonds is 4. The van der Waals surface area contributed by atoms with E-state index in [1.807, 2.05) is 24.3 Å². The van der Waals surface area contributed by atoms with Gasteiger partial charge in [0.25, 0.3) is 5.91 Å². The summed E-state index contributed by atoms with van der Waals surface area (Å²) in [6.45, 7) is 0.342. The molecular weight excluding hydrogens is 359 g/mol. The number of fused-ring (bicyclic) bond motifs is 1. The molecule has 0 spiro atoms. The van der Waals surface area contributed by atoms with Crippen molar-refractivity contribution in [3.63, 3.8) is 0 Å². The number of hydrogen-bond acceptors (Lipinski definition) is 3. The summed E-state index contributed by atoms with van der Waals surface area (Å²) in [6.07, 6.45) is 0. The summed E-state index contributed by atoms with van der Waals surface area (Å²) in [4.78, 5) is 18.6. The number of ether oxygens (including phenoxy) is 1. The molecule has 0 aliphatic rings. The van der Waals surface area contributed by atoms with Crippen LogP contribution < -0.4 is 4.74 Å². The van der Waals surface area contributed by atoms with Gasteiger partial charge in [-0.2, -0.15) is 0 Å². The molecule has 4 nitrogen and oxygen atoms in total. The van der Waals surface area contributed by atoms with Crippen LogP contribution in [-0.2, 0) is 6.54 Å². The Morgan fingerprint density at radius 2 is 1.92 bits per heavy atom. The summed E-state index contributed by atoms with van der Waals surface area (Å²) in [5, 5.41) is 2.60. The van der Waals surface area contributed by atoms with Crippen LogP contribution in [0, 0.1) is 0 Å². The van der Waals surface area contributed by atoms with Gasteiger partial charge in [-0.25, -0.2) is 4.98 Å². The Kier molecular flexibility index (Phi) is 5.11. The third-order valence-corrected chi connectivity index (χ3v) is 4.43. The van der Waals surface area contributed by atoms with Crippen molar-refractivity contribution in [2.75, 3.05) is 14.2 Å². The Balaban J connectivity index is 1.89. The van der Waals surface area contributed by atoms with Crippen LogP contribution in [0.4, 0.5) is 0 Å². The van der Waals surface area contributed by atoms with E-state index in [2.05, 4.69) is 4.98 Å². The van der Waals surface area contributed by atoms with E-state index >= 15 is 0 Å². The van der Waals surface area contributed by atoms with Crippen LogP contribution in [0.2, 0.25) is 10.2 Å². The maximum absolute atomic E-state index is 12.8. The highest BCUT2D eigenvalue weighted by atomic mass is 35.5. The zero-order chi connectivity index (χ0) is 18.0. The minimum atomic E-state index is -0.227. The van der Waals surface area contributed by atoms with Gasteiger partial charge in [0.05, 0.1) is 7.11 Å². The van der Waals surface area contributed by atoms with Crippen LogP contribution >= 0.6 is 23.2 Å². The van der Waals surface area contributed by atoms with Crippen molar-refractivity contribution in [1.82, 2.24) is 9.88 Å². The molecule has 25 heavy (non-hydrogen) atoms. The molecule has 0 bridgehead atoms. The van der Waals surface area contributed by atoms with E-state index in [4.69, 9.17) is 27.9 Å². The van der Waals surface area contributed by atoms with E-state index in [0.717, 1.165) is 16.3 Å². The zero-order valence-electron chi connectivity index (χ0n) is 13.8. The number of nitrogens with zero attached hydrogens (tertiary/aromatic N) is 2. The van der Waals surface area contributed by atoms with Gasteiger partial charge in [-0.1, -0.05) is 47.5 Å². The quantitative estimate of drug-likeness (QED) is 0.614. The molecule has 0 fully saturated rings. The monoisotopic (exact) mass is 374 g/mol. The molecule has 3 aromatic rings. The van der Waals surface area contributed by atoms with Crippen LogP contribution in [0.25, 0.3) is 10.8 Å². The third-order valence-electron chi connectivity index (χ3n) is 3.91. The van der Waals surface area contributed by atoms with Crippen molar-refractivity contribution >= 4 is 39.9 Å². The number of aromatic nitrogens is 1. The molecule has 1 heterocycles. The standard InChI is InChI=1S/C19H16Cl2N2O2/c1-23(11-13-9-14(20)7-8-17(13)25-2)19(24)16-10-12-5-3-4-6-15(12)18(21)22-16/h3-10H,11H2,1-2H3. The van der Waals surface area contributed by atoms with Crippen molar-refractivity contribution in [1.29, 1.82) is 0 Å². The highest BCUT2D eigenvalue weighted by molar-refractivity contribution is 6.34. The van der Waals surface area contributed by atoms with E-state index in [1.54, 1.807) is 43.3 Å². The van der Waals surface area contributed by atoms with Crippen molar-refractivity contribution in [3.8, 4) is 5.75 Å². The van der Waals surface area contributed by atoms with Gasteiger partial charge < -0.3 is 9.64 Å². The van der Waals surface area contributed by atoms with Crippen LogP contribution in [0.3, 0.4) is 0 Å². The molecule has 128 valence electrons. The van der Waals surface area contributed by atoms with Crippen LogP contribution in [0.15, 0.2) is 48.5 Å². The summed E-state index contributed by atoms with van der Waals surface area (Å²) in [5.74, 6) is 0.447. The molecule has 2 aromatic carbocycles. The Labute approximate surface area is 155 Å². The van der Waals surface area contributed by atoms with Crippen molar-refractivity contribution < 1.29 is 9.53 Å².